The fraction of sp³-hybridized carbons (Fsp3) is 0.545. The zero-order chi connectivity index (χ0) is 19.2. The summed E-state index contributed by atoms with van der Waals surface area (Å²) < 4.78 is 1.93. The zero-order valence-corrected chi connectivity index (χ0v) is 19.6. The Hall–Kier alpha value is -1.61. The third-order valence-electron chi connectivity index (χ3n) is 5.99. The van der Waals surface area contributed by atoms with Crippen molar-refractivity contribution in [2.24, 2.45) is 4.99 Å². The highest BCUT2D eigenvalue weighted by atomic mass is 127. The summed E-state index contributed by atoms with van der Waals surface area (Å²) in [4.78, 5) is 7.09. The molecule has 0 spiro atoms. The molecule has 1 saturated heterocycles. The first-order valence-corrected chi connectivity index (χ1v) is 10.6. The van der Waals surface area contributed by atoms with Crippen molar-refractivity contribution in [3.05, 3.63) is 48.3 Å². The summed E-state index contributed by atoms with van der Waals surface area (Å²) in [5, 5.41) is 11.5. The van der Waals surface area contributed by atoms with E-state index >= 15 is 0 Å². The topological polar surface area (TPSA) is 57.5 Å². The van der Waals surface area contributed by atoms with Gasteiger partial charge in [0, 0.05) is 45.0 Å². The minimum absolute atomic E-state index is 0. The molecule has 158 valence electrons. The summed E-state index contributed by atoms with van der Waals surface area (Å²) >= 11 is 0. The van der Waals surface area contributed by atoms with E-state index in [1.807, 2.05) is 36.1 Å². The second-order valence-corrected chi connectivity index (χ2v) is 7.94. The molecule has 2 aromatic rings. The van der Waals surface area contributed by atoms with Gasteiger partial charge in [-0.15, -0.1) is 24.0 Å². The predicted octanol–water partition coefficient (Wildman–Crippen LogP) is 3.21. The third kappa shape index (κ3) is 5.94. The van der Waals surface area contributed by atoms with Crippen LogP contribution in [0, 0.1) is 0 Å². The highest BCUT2D eigenvalue weighted by Gasteiger charge is 2.30. The molecular formula is C22H33IN6. The summed E-state index contributed by atoms with van der Waals surface area (Å²) in [7, 11) is 1.85. The molecule has 2 fully saturated rings. The standard InChI is InChI=1S/C22H32N6.HI/c1-23-22(26-19-12-14-27(17-19)20-7-5-6-8-20)24-13-11-18-15-25-28(16-18)21-9-3-2-4-10-21;/h2-4,9-10,15-16,19-20H,5-8,11-14,17H2,1H3,(H2,23,24,26);1H. The maximum absolute atomic E-state index is 4.47. The summed E-state index contributed by atoms with van der Waals surface area (Å²) in [5.41, 5.74) is 2.31. The van der Waals surface area contributed by atoms with Gasteiger partial charge in [-0.1, -0.05) is 31.0 Å². The molecule has 1 aliphatic carbocycles. The number of nitrogens with zero attached hydrogens (tertiary/aromatic N) is 4. The molecule has 1 atom stereocenters. The van der Waals surface area contributed by atoms with Crippen LogP contribution in [0.1, 0.15) is 37.7 Å². The second-order valence-electron chi connectivity index (χ2n) is 7.94. The van der Waals surface area contributed by atoms with E-state index in [9.17, 15) is 0 Å². The van der Waals surface area contributed by atoms with E-state index in [4.69, 9.17) is 0 Å². The van der Waals surface area contributed by atoms with Crippen LogP contribution < -0.4 is 10.6 Å². The molecule has 6 nitrogen and oxygen atoms in total. The van der Waals surface area contributed by atoms with Crippen LogP contribution in [0.15, 0.2) is 47.7 Å². The van der Waals surface area contributed by atoms with E-state index < -0.39 is 0 Å². The van der Waals surface area contributed by atoms with Gasteiger partial charge in [0.2, 0.25) is 0 Å². The van der Waals surface area contributed by atoms with Gasteiger partial charge in [-0.05, 0) is 43.4 Å². The highest BCUT2D eigenvalue weighted by molar-refractivity contribution is 14.0. The Labute approximate surface area is 191 Å². The first-order chi connectivity index (χ1) is 13.8. The van der Waals surface area contributed by atoms with Crippen LogP contribution in [0.2, 0.25) is 0 Å². The van der Waals surface area contributed by atoms with Crippen LogP contribution in [0.3, 0.4) is 0 Å². The molecule has 2 aliphatic rings. The van der Waals surface area contributed by atoms with Crippen molar-refractivity contribution < 1.29 is 0 Å². The lowest BCUT2D eigenvalue weighted by Crippen LogP contribution is -2.45. The van der Waals surface area contributed by atoms with Gasteiger partial charge in [-0.3, -0.25) is 9.89 Å². The van der Waals surface area contributed by atoms with E-state index in [1.54, 1.807) is 0 Å². The van der Waals surface area contributed by atoms with Crippen LogP contribution in [0.4, 0.5) is 0 Å². The quantitative estimate of drug-likeness (QED) is 0.358. The van der Waals surface area contributed by atoms with Crippen LogP contribution in [-0.2, 0) is 6.42 Å². The largest absolute Gasteiger partial charge is 0.356 e. The van der Waals surface area contributed by atoms with Crippen molar-refractivity contribution in [2.75, 3.05) is 26.7 Å². The van der Waals surface area contributed by atoms with Gasteiger partial charge in [-0.2, -0.15) is 5.10 Å². The molecule has 1 saturated carbocycles. The third-order valence-corrected chi connectivity index (χ3v) is 5.99. The van der Waals surface area contributed by atoms with Crippen molar-refractivity contribution in [1.29, 1.82) is 0 Å². The zero-order valence-electron chi connectivity index (χ0n) is 17.3. The fourth-order valence-electron chi connectivity index (χ4n) is 4.43. The van der Waals surface area contributed by atoms with Crippen molar-refractivity contribution in [2.45, 2.75) is 50.6 Å². The number of halogens is 1. The number of para-hydroxylation sites is 1. The summed E-state index contributed by atoms with van der Waals surface area (Å²) in [6.45, 7) is 3.21. The van der Waals surface area contributed by atoms with Crippen LogP contribution in [0.25, 0.3) is 5.69 Å². The molecular weight excluding hydrogens is 475 g/mol. The average molecular weight is 508 g/mol. The molecule has 29 heavy (non-hydrogen) atoms. The average Bonchev–Trinajstić information content (AvgIpc) is 3.49. The van der Waals surface area contributed by atoms with Gasteiger partial charge in [0.15, 0.2) is 5.96 Å². The summed E-state index contributed by atoms with van der Waals surface area (Å²) in [6.07, 6.45) is 11.8. The van der Waals surface area contributed by atoms with E-state index in [2.05, 4.69) is 44.0 Å². The molecule has 1 aromatic heterocycles. The predicted molar refractivity (Wildman–Crippen MR) is 129 cm³/mol. The first kappa shape index (κ1) is 22.1. The van der Waals surface area contributed by atoms with E-state index in [0.717, 1.165) is 37.2 Å². The molecule has 2 N–H and O–H groups in total. The van der Waals surface area contributed by atoms with Crippen LogP contribution in [-0.4, -0.2) is 59.4 Å². The molecule has 2 heterocycles. The maximum Gasteiger partial charge on any atom is 0.191 e. The second kappa shape index (κ2) is 11.0. The van der Waals surface area contributed by atoms with Gasteiger partial charge in [-0.25, -0.2) is 4.68 Å². The normalized spacial score (nSPS) is 20.6. The van der Waals surface area contributed by atoms with Crippen LogP contribution >= 0.6 is 24.0 Å². The lowest BCUT2D eigenvalue weighted by Gasteiger charge is -2.24. The summed E-state index contributed by atoms with van der Waals surface area (Å²) in [6, 6.07) is 11.5. The first-order valence-electron chi connectivity index (χ1n) is 10.6. The molecule has 1 aliphatic heterocycles. The number of benzene rings is 1. The molecule has 4 rings (SSSR count). The van der Waals surface area contributed by atoms with Gasteiger partial charge in [0.1, 0.15) is 0 Å². The number of rotatable bonds is 6. The lowest BCUT2D eigenvalue weighted by molar-refractivity contribution is 0.242. The van der Waals surface area contributed by atoms with E-state index in [1.165, 1.54) is 44.2 Å². The van der Waals surface area contributed by atoms with Gasteiger partial charge in [0.05, 0.1) is 11.9 Å². The molecule has 0 amide bonds. The van der Waals surface area contributed by atoms with Gasteiger partial charge < -0.3 is 10.6 Å². The minimum Gasteiger partial charge on any atom is -0.356 e. The highest BCUT2D eigenvalue weighted by Crippen LogP contribution is 2.26. The molecule has 1 unspecified atom stereocenters. The van der Waals surface area contributed by atoms with Crippen molar-refractivity contribution in [3.63, 3.8) is 0 Å². The maximum atomic E-state index is 4.47. The molecule has 1 aromatic carbocycles. The van der Waals surface area contributed by atoms with Crippen LogP contribution in [0.5, 0.6) is 0 Å². The Morgan fingerprint density at radius 2 is 1.97 bits per heavy atom. The Morgan fingerprint density at radius 3 is 2.72 bits per heavy atom. The number of aliphatic imine (C=N–C) groups is 1. The number of nitrogens with one attached hydrogen (secondary N) is 2. The van der Waals surface area contributed by atoms with E-state index in [-0.39, 0.29) is 24.0 Å². The number of hydrogen-bond donors (Lipinski definition) is 2. The monoisotopic (exact) mass is 508 g/mol. The summed E-state index contributed by atoms with van der Waals surface area (Å²) in [5.74, 6) is 0.911. The van der Waals surface area contributed by atoms with Crippen molar-refractivity contribution in [3.8, 4) is 5.69 Å². The Balaban J connectivity index is 0.00000240. The number of guanidine groups is 1. The van der Waals surface area contributed by atoms with Gasteiger partial charge >= 0.3 is 0 Å². The molecule has 0 bridgehead atoms. The number of hydrogen-bond acceptors (Lipinski definition) is 3. The molecule has 7 heteroatoms. The number of aromatic nitrogens is 2. The van der Waals surface area contributed by atoms with Crippen molar-refractivity contribution >= 4 is 29.9 Å². The van der Waals surface area contributed by atoms with Crippen molar-refractivity contribution in [1.82, 2.24) is 25.3 Å². The smallest absolute Gasteiger partial charge is 0.191 e. The van der Waals surface area contributed by atoms with E-state index in [0.29, 0.717) is 6.04 Å². The Kier molecular flexibility index (Phi) is 8.35. The number of likely N-dealkylation sites (tertiary alicyclic amines) is 1. The molecule has 0 radical (unpaired) electrons. The lowest BCUT2D eigenvalue weighted by atomic mass is 10.2. The van der Waals surface area contributed by atoms with Gasteiger partial charge in [0.25, 0.3) is 0 Å². The minimum atomic E-state index is 0. The fourth-order valence-corrected chi connectivity index (χ4v) is 4.43. The Bertz CT molecular complexity index is 769. The Morgan fingerprint density at radius 1 is 1.17 bits per heavy atom. The SMILES string of the molecule is CN=C(NCCc1cnn(-c2ccccc2)c1)NC1CCN(C2CCCC2)C1.I.